The van der Waals surface area contributed by atoms with Crippen LogP contribution < -0.4 is 10.9 Å². The number of aromatic nitrogens is 1. The monoisotopic (exact) mass is 389 g/mol. The average Bonchev–Trinajstić information content (AvgIpc) is 3.46. The van der Waals surface area contributed by atoms with E-state index in [4.69, 9.17) is 10.9 Å². The van der Waals surface area contributed by atoms with Gasteiger partial charge in [0, 0.05) is 35.6 Å². The van der Waals surface area contributed by atoms with Crippen LogP contribution in [0.4, 0.5) is 10.1 Å². The number of nitrogens with zero attached hydrogens (tertiary/aromatic N) is 1. The van der Waals surface area contributed by atoms with Crippen molar-refractivity contribution in [2.75, 3.05) is 5.73 Å². The molecule has 0 aliphatic heterocycles. The molecule has 1 fully saturated rings. The quantitative estimate of drug-likeness (QED) is 0.499. The van der Waals surface area contributed by atoms with Gasteiger partial charge in [-0.1, -0.05) is 12.1 Å². The van der Waals surface area contributed by atoms with Crippen molar-refractivity contribution >= 4 is 17.0 Å². The Kier molecular flexibility index (Phi) is 6.40. The molecule has 1 saturated carbocycles. The van der Waals surface area contributed by atoms with Crippen molar-refractivity contribution in [3.05, 3.63) is 59.7 Å². The van der Waals surface area contributed by atoms with Gasteiger partial charge < -0.3 is 10.3 Å². The largest absolute Gasteiger partial charge is 0.598 e. The molecule has 4 nitrogen and oxygen atoms in total. The first-order valence-corrected chi connectivity index (χ1v) is 10.7. The van der Waals surface area contributed by atoms with Crippen LogP contribution in [0.3, 0.4) is 0 Å². The summed E-state index contributed by atoms with van der Waals surface area (Å²) >= 11 is -1.49. The number of nitrogens with two attached hydrogens (primary N) is 2. The summed E-state index contributed by atoms with van der Waals surface area (Å²) in [4.78, 5) is 4.38. The summed E-state index contributed by atoms with van der Waals surface area (Å²) in [5.74, 6) is 0.109. The van der Waals surface area contributed by atoms with Gasteiger partial charge in [0.05, 0.1) is 5.69 Å². The molecule has 3 rings (SSSR count). The number of hydrogen-bond acceptors (Lipinski definition) is 4. The minimum Gasteiger partial charge on any atom is -0.598 e. The first-order valence-electron chi connectivity index (χ1n) is 9.51. The number of nitrogen functional groups attached to an aromatic ring is 1. The Morgan fingerprint density at radius 2 is 2.11 bits per heavy atom. The van der Waals surface area contributed by atoms with E-state index >= 15 is 0 Å². The van der Waals surface area contributed by atoms with Gasteiger partial charge in [-0.3, -0.25) is 4.98 Å². The van der Waals surface area contributed by atoms with Crippen LogP contribution in [0, 0.1) is 11.7 Å². The summed E-state index contributed by atoms with van der Waals surface area (Å²) in [6.07, 6.45) is 7.47. The summed E-state index contributed by atoms with van der Waals surface area (Å²) in [6, 6.07) is 10.7. The fourth-order valence-electron chi connectivity index (χ4n) is 3.90. The molecule has 1 aliphatic carbocycles. The number of halogens is 1. The Hall–Kier alpha value is -1.63. The molecule has 0 bridgehead atoms. The van der Waals surface area contributed by atoms with Gasteiger partial charge in [-0.05, 0) is 74.8 Å². The molecule has 3 unspecified atom stereocenters. The molecule has 1 heterocycles. The zero-order valence-electron chi connectivity index (χ0n) is 15.7. The predicted molar refractivity (Wildman–Crippen MR) is 109 cm³/mol. The average molecular weight is 390 g/mol. The van der Waals surface area contributed by atoms with E-state index in [1.54, 1.807) is 18.3 Å². The summed E-state index contributed by atoms with van der Waals surface area (Å²) in [7, 11) is 0. The highest BCUT2D eigenvalue weighted by Gasteiger charge is 2.48. The molecule has 6 heteroatoms. The molecule has 1 aromatic heterocycles. The zero-order chi connectivity index (χ0) is 19.4. The van der Waals surface area contributed by atoms with Gasteiger partial charge in [-0.15, -0.1) is 0 Å². The SMILES string of the molecule is CC(CC1CC1)(C(CCCc1ccccn1)c1ccc(F)c(N)c1)[S+](N)[O-]. The third kappa shape index (κ3) is 5.00. The lowest BCUT2D eigenvalue weighted by molar-refractivity contribution is 0.392. The summed E-state index contributed by atoms with van der Waals surface area (Å²) in [5, 5.41) is 5.99. The molecular weight excluding hydrogens is 361 g/mol. The third-order valence-corrected chi connectivity index (χ3v) is 7.03. The van der Waals surface area contributed by atoms with E-state index in [1.165, 1.54) is 18.9 Å². The summed E-state index contributed by atoms with van der Waals surface area (Å²) in [5.41, 5.74) is 7.89. The number of hydrogen-bond donors (Lipinski definition) is 2. The second-order valence-electron chi connectivity index (χ2n) is 7.80. The number of rotatable bonds is 9. The van der Waals surface area contributed by atoms with Crippen LogP contribution in [0.25, 0.3) is 0 Å². The Morgan fingerprint density at radius 3 is 2.70 bits per heavy atom. The van der Waals surface area contributed by atoms with Crippen LogP contribution in [-0.4, -0.2) is 14.3 Å². The van der Waals surface area contributed by atoms with Crippen molar-refractivity contribution in [3.63, 3.8) is 0 Å². The fraction of sp³-hybridized carbons (Fsp3) is 0.476. The van der Waals surface area contributed by atoms with Crippen molar-refractivity contribution in [1.29, 1.82) is 0 Å². The second kappa shape index (κ2) is 8.59. The normalized spacial score (nSPS) is 18.7. The fourth-order valence-corrected chi connectivity index (χ4v) is 4.83. The van der Waals surface area contributed by atoms with Gasteiger partial charge in [0.15, 0.2) is 0 Å². The van der Waals surface area contributed by atoms with E-state index in [9.17, 15) is 8.94 Å². The molecule has 3 atom stereocenters. The van der Waals surface area contributed by atoms with E-state index in [-0.39, 0.29) is 11.6 Å². The zero-order valence-corrected chi connectivity index (χ0v) is 16.6. The third-order valence-electron chi connectivity index (χ3n) is 5.66. The minimum atomic E-state index is -1.49. The molecule has 0 saturated heterocycles. The molecular formula is C21H28FN3OS. The van der Waals surface area contributed by atoms with Crippen molar-refractivity contribution < 1.29 is 8.94 Å². The van der Waals surface area contributed by atoms with Crippen molar-refractivity contribution in [2.45, 2.75) is 56.1 Å². The van der Waals surface area contributed by atoms with Crippen LogP contribution in [0.1, 0.15) is 56.2 Å². The van der Waals surface area contributed by atoms with Gasteiger partial charge in [-0.25, -0.2) is 4.39 Å². The highest BCUT2D eigenvalue weighted by molar-refractivity contribution is 7.90. The molecule has 1 aromatic carbocycles. The van der Waals surface area contributed by atoms with Crippen LogP contribution in [0.2, 0.25) is 0 Å². The summed E-state index contributed by atoms with van der Waals surface area (Å²) < 4.78 is 25.7. The topological polar surface area (TPSA) is 88.0 Å². The van der Waals surface area contributed by atoms with Gasteiger partial charge in [0.25, 0.3) is 0 Å². The van der Waals surface area contributed by atoms with Gasteiger partial charge in [0.1, 0.15) is 10.6 Å². The van der Waals surface area contributed by atoms with Crippen LogP contribution >= 0.6 is 0 Å². The Labute approximate surface area is 163 Å². The van der Waals surface area contributed by atoms with Gasteiger partial charge in [0.2, 0.25) is 0 Å². The van der Waals surface area contributed by atoms with E-state index in [0.29, 0.717) is 5.92 Å². The van der Waals surface area contributed by atoms with Crippen molar-refractivity contribution in [3.8, 4) is 0 Å². The first-order chi connectivity index (χ1) is 12.9. The van der Waals surface area contributed by atoms with Crippen LogP contribution in [0.15, 0.2) is 42.6 Å². The van der Waals surface area contributed by atoms with Crippen LogP contribution in [-0.2, 0) is 17.8 Å². The maximum absolute atomic E-state index is 13.7. The molecule has 146 valence electrons. The molecule has 1 aliphatic rings. The molecule has 0 radical (unpaired) electrons. The highest BCUT2D eigenvalue weighted by Crippen LogP contribution is 2.47. The number of anilines is 1. The summed E-state index contributed by atoms with van der Waals surface area (Å²) in [6.45, 7) is 2.01. The number of benzene rings is 1. The van der Waals surface area contributed by atoms with E-state index < -0.39 is 21.9 Å². The molecule has 0 spiro atoms. The number of aryl methyl sites for hydroxylation is 1. The van der Waals surface area contributed by atoms with E-state index in [1.807, 2.05) is 25.1 Å². The van der Waals surface area contributed by atoms with Gasteiger partial charge in [-0.2, -0.15) is 5.14 Å². The minimum absolute atomic E-state index is 0.0458. The lowest BCUT2D eigenvalue weighted by Crippen LogP contribution is -2.46. The Balaban J connectivity index is 1.83. The van der Waals surface area contributed by atoms with Gasteiger partial charge >= 0.3 is 0 Å². The van der Waals surface area contributed by atoms with Crippen molar-refractivity contribution in [2.24, 2.45) is 11.1 Å². The predicted octanol–water partition coefficient (Wildman–Crippen LogP) is 4.09. The molecule has 27 heavy (non-hydrogen) atoms. The van der Waals surface area contributed by atoms with Crippen LogP contribution in [0.5, 0.6) is 0 Å². The lowest BCUT2D eigenvalue weighted by Gasteiger charge is -2.37. The smallest absolute Gasteiger partial charge is 0.149 e. The lowest BCUT2D eigenvalue weighted by atomic mass is 9.79. The maximum atomic E-state index is 13.7. The second-order valence-corrected chi connectivity index (χ2v) is 9.33. The van der Waals surface area contributed by atoms with E-state index in [2.05, 4.69) is 4.98 Å². The maximum Gasteiger partial charge on any atom is 0.149 e. The van der Waals surface area contributed by atoms with Crippen molar-refractivity contribution in [1.82, 2.24) is 4.98 Å². The highest BCUT2D eigenvalue weighted by atomic mass is 32.2. The standard InChI is InChI=1S/C21H28FN3OS/c1-21(27(24)26,14-15-8-9-15)18(16-10-11-19(22)20(23)13-16)7-4-6-17-5-2-3-12-25-17/h2-3,5,10-13,15,18H,4,6-9,14,23-24H2,1H3. The number of pyridine rings is 1. The first kappa shape index (κ1) is 20.1. The molecule has 2 aromatic rings. The molecule has 4 N–H and O–H groups in total. The molecule has 0 amide bonds. The Morgan fingerprint density at radius 1 is 1.33 bits per heavy atom. The Bertz CT molecular complexity index is 754. The van der Waals surface area contributed by atoms with E-state index in [0.717, 1.165) is 36.9 Å².